The molecule has 8 aromatic carbocycles. The summed E-state index contributed by atoms with van der Waals surface area (Å²) in [7, 11) is 0. The highest BCUT2D eigenvalue weighted by Gasteiger charge is 2.40. The van der Waals surface area contributed by atoms with Crippen LogP contribution >= 0.6 is 0 Å². The Balaban J connectivity index is 0.941. The zero-order valence-electron chi connectivity index (χ0n) is 34.9. The summed E-state index contributed by atoms with van der Waals surface area (Å²) < 4.78 is 4.92. The minimum Gasteiger partial charge on any atom is -0.317 e. The molecule has 0 amide bonds. The van der Waals surface area contributed by atoms with Gasteiger partial charge in [-0.05, 0) is 117 Å². The zero-order valence-corrected chi connectivity index (χ0v) is 34.9. The summed E-state index contributed by atoms with van der Waals surface area (Å²) >= 11 is 0. The first-order chi connectivity index (χ1) is 29.8. The van der Waals surface area contributed by atoms with Crippen molar-refractivity contribution in [2.45, 2.75) is 38.5 Å². The van der Waals surface area contributed by atoms with Gasteiger partial charge in [0, 0.05) is 56.2 Å². The van der Waals surface area contributed by atoms with Gasteiger partial charge in [-0.2, -0.15) is 0 Å². The Morgan fingerprint density at radius 3 is 1.72 bits per heavy atom. The first-order valence-electron chi connectivity index (χ1n) is 21.4. The molecule has 292 valence electrons. The van der Waals surface area contributed by atoms with Crippen LogP contribution in [0.2, 0.25) is 0 Å². The fraction of sp³-hybridized carbons (Fsp3) is 0.103. The van der Waals surface area contributed by atoms with Crippen LogP contribution in [0.3, 0.4) is 0 Å². The third-order valence-corrected chi connectivity index (χ3v) is 13.7. The summed E-state index contributed by atoms with van der Waals surface area (Å²) in [5.41, 5.74) is 21.0. The van der Waals surface area contributed by atoms with Gasteiger partial charge in [0.25, 0.3) is 0 Å². The molecule has 10 aromatic rings. The molecule has 3 heterocycles. The smallest absolute Gasteiger partial charge is 0.0763 e. The standard InChI is InChI=1S/C58H45N3/c1-57(2)50-21-13-11-19-46(50)47-33-32-45(36-51(47)57)60(43-28-23-39(24-29-43)38-15-7-5-8-16-38)44-30-25-40(26-31-44)41-27-34-54-52(35-41)58(3,4)56-55-49(37-59(54)56)48-20-12-14-22-53(48)61(55)42-17-9-6-10-18-42/h5-37H,1-4H3. The quantitative estimate of drug-likeness (QED) is 0.164. The Kier molecular flexibility index (Phi) is 7.62. The topological polar surface area (TPSA) is 13.1 Å². The van der Waals surface area contributed by atoms with Crippen LogP contribution in [-0.4, -0.2) is 9.13 Å². The van der Waals surface area contributed by atoms with Crippen molar-refractivity contribution in [2.75, 3.05) is 4.90 Å². The number of fused-ring (bicyclic) bond motifs is 10. The Morgan fingerprint density at radius 1 is 0.410 bits per heavy atom. The van der Waals surface area contributed by atoms with Crippen LogP contribution in [-0.2, 0) is 10.8 Å². The van der Waals surface area contributed by atoms with E-state index < -0.39 is 0 Å². The van der Waals surface area contributed by atoms with Crippen molar-refractivity contribution in [1.82, 2.24) is 9.13 Å². The Labute approximate surface area is 357 Å². The van der Waals surface area contributed by atoms with E-state index in [1.54, 1.807) is 0 Å². The first kappa shape index (κ1) is 35.6. The van der Waals surface area contributed by atoms with Crippen LogP contribution in [0, 0.1) is 0 Å². The summed E-state index contributed by atoms with van der Waals surface area (Å²) in [6.07, 6.45) is 2.37. The van der Waals surface area contributed by atoms with E-state index in [9.17, 15) is 0 Å². The number of rotatable bonds is 6. The zero-order chi connectivity index (χ0) is 41.0. The molecule has 0 saturated carbocycles. The number of hydrogen-bond donors (Lipinski definition) is 0. The molecule has 3 heteroatoms. The van der Waals surface area contributed by atoms with Crippen LogP contribution in [0.25, 0.3) is 66.6 Å². The molecule has 0 fully saturated rings. The summed E-state index contributed by atoms with van der Waals surface area (Å²) in [5, 5.41) is 2.58. The highest BCUT2D eigenvalue weighted by Crippen LogP contribution is 2.52. The van der Waals surface area contributed by atoms with Crippen LogP contribution in [0.15, 0.2) is 200 Å². The number of anilines is 3. The Morgan fingerprint density at radius 2 is 0.984 bits per heavy atom. The minimum absolute atomic E-state index is 0.0965. The summed E-state index contributed by atoms with van der Waals surface area (Å²) in [6.45, 7) is 9.49. The molecule has 0 saturated heterocycles. The van der Waals surface area contributed by atoms with Crippen LogP contribution in [0.5, 0.6) is 0 Å². The molecule has 0 unspecified atom stereocenters. The molecule has 3 nitrogen and oxygen atoms in total. The van der Waals surface area contributed by atoms with Crippen molar-refractivity contribution in [3.8, 4) is 44.8 Å². The number of nitrogens with zero attached hydrogens (tertiary/aromatic N) is 3. The SMILES string of the molecule is CC1(C)c2ccccc2-c2ccc(N(c3ccc(-c4ccccc4)cc3)c3ccc(-c4ccc5c(c4)C(C)(C)c4c6c(cn4-5)c4ccccc4n6-c4ccccc4)cc3)cc21. The first-order valence-corrected chi connectivity index (χ1v) is 21.4. The van der Waals surface area contributed by atoms with Gasteiger partial charge in [0.05, 0.1) is 16.7 Å². The highest BCUT2D eigenvalue weighted by molar-refractivity contribution is 6.11. The van der Waals surface area contributed by atoms with Gasteiger partial charge in [0.1, 0.15) is 0 Å². The molecule has 12 rings (SSSR count). The largest absolute Gasteiger partial charge is 0.317 e. The van der Waals surface area contributed by atoms with Crippen molar-refractivity contribution in [1.29, 1.82) is 0 Å². The summed E-state index contributed by atoms with van der Waals surface area (Å²) in [4.78, 5) is 2.41. The molecule has 0 spiro atoms. The van der Waals surface area contributed by atoms with Gasteiger partial charge >= 0.3 is 0 Å². The maximum Gasteiger partial charge on any atom is 0.0763 e. The second kappa shape index (κ2) is 13.1. The van der Waals surface area contributed by atoms with E-state index in [1.807, 2.05) is 0 Å². The highest BCUT2D eigenvalue weighted by atomic mass is 15.1. The van der Waals surface area contributed by atoms with Crippen LogP contribution in [0.4, 0.5) is 17.1 Å². The lowest BCUT2D eigenvalue weighted by Crippen LogP contribution is -2.17. The van der Waals surface area contributed by atoms with Gasteiger partial charge in [-0.1, -0.05) is 155 Å². The number of aromatic nitrogens is 2. The molecular weight excluding hydrogens is 739 g/mol. The normalized spacial score (nSPS) is 14.2. The maximum absolute atomic E-state index is 2.46. The van der Waals surface area contributed by atoms with Gasteiger partial charge < -0.3 is 14.0 Å². The molecule has 0 N–H and O–H groups in total. The van der Waals surface area contributed by atoms with Crippen molar-refractivity contribution in [3.63, 3.8) is 0 Å². The number of benzene rings is 8. The Hall–Kier alpha value is -7.36. The van der Waals surface area contributed by atoms with Gasteiger partial charge in [-0.3, -0.25) is 0 Å². The van der Waals surface area contributed by atoms with E-state index in [1.165, 1.54) is 88.9 Å². The molecule has 1 aliphatic carbocycles. The number of hydrogen-bond acceptors (Lipinski definition) is 1. The van der Waals surface area contributed by atoms with E-state index in [2.05, 4.69) is 242 Å². The summed E-state index contributed by atoms with van der Waals surface area (Å²) in [5.74, 6) is 0. The molecule has 2 aromatic heterocycles. The average molecular weight is 784 g/mol. The lowest BCUT2D eigenvalue weighted by Gasteiger charge is -2.28. The second-order valence-corrected chi connectivity index (χ2v) is 17.9. The predicted molar refractivity (Wildman–Crippen MR) is 255 cm³/mol. The van der Waals surface area contributed by atoms with E-state index in [0.29, 0.717) is 0 Å². The van der Waals surface area contributed by atoms with Gasteiger partial charge in [0.15, 0.2) is 0 Å². The van der Waals surface area contributed by atoms with Crippen molar-refractivity contribution >= 4 is 38.9 Å². The lowest BCUT2D eigenvalue weighted by molar-refractivity contribution is 0.646. The molecule has 0 atom stereocenters. The van der Waals surface area contributed by atoms with Gasteiger partial charge in [0.2, 0.25) is 0 Å². The van der Waals surface area contributed by atoms with E-state index in [0.717, 1.165) is 17.1 Å². The number of para-hydroxylation sites is 2. The van der Waals surface area contributed by atoms with E-state index in [4.69, 9.17) is 0 Å². The summed E-state index contributed by atoms with van der Waals surface area (Å²) in [6, 6.07) is 71.4. The molecular formula is C58H45N3. The molecule has 61 heavy (non-hydrogen) atoms. The van der Waals surface area contributed by atoms with E-state index >= 15 is 0 Å². The monoisotopic (exact) mass is 783 g/mol. The van der Waals surface area contributed by atoms with Gasteiger partial charge in [-0.15, -0.1) is 0 Å². The molecule has 2 aliphatic rings. The minimum atomic E-state index is -0.225. The second-order valence-electron chi connectivity index (χ2n) is 17.9. The third-order valence-electron chi connectivity index (χ3n) is 13.7. The van der Waals surface area contributed by atoms with Crippen molar-refractivity contribution in [2.24, 2.45) is 0 Å². The van der Waals surface area contributed by atoms with Crippen LogP contribution < -0.4 is 4.90 Å². The average Bonchev–Trinajstić information content (AvgIpc) is 3.98. The molecule has 0 radical (unpaired) electrons. The fourth-order valence-corrected chi connectivity index (χ4v) is 10.6. The fourth-order valence-electron chi connectivity index (χ4n) is 10.6. The maximum atomic E-state index is 2.46. The Bertz CT molecular complexity index is 3330. The van der Waals surface area contributed by atoms with E-state index in [-0.39, 0.29) is 10.8 Å². The molecule has 0 bridgehead atoms. The third kappa shape index (κ3) is 5.23. The van der Waals surface area contributed by atoms with Crippen LogP contribution in [0.1, 0.15) is 50.1 Å². The predicted octanol–water partition coefficient (Wildman–Crippen LogP) is 15.3. The van der Waals surface area contributed by atoms with Gasteiger partial charge in [-0.25, -0.2) is 0 Å². The van der Waals surface area contributed by atoms with Crippen molar-refractivity contribution in [3.05, 3.63) is 223 Å². The molecule has 1 aliphatic heterocycles. The van der Waals surface area contributed by atoms with Crippen molar-refractivity contribution < 1.29 is 0 Å². The lowest BCUT2D eigenvalue weighted by atomic mass is 9.81.